The van der Waals surface area contributed by atoms with Gasteiger partial charge in [0.2, 0.25) is 0 Å². The molecule has 2 rings (SSSR count). The van der Waals surface area contributed by atoms with Gasteiger partial charge in [0, 0.05) is 12.0 Å². The van der Waals surface area contributed by atoms with Crippen LogP contribution in [0.5, 0.6) is 0 Å². The summed E-state index contributed by atoms with van der Waals surface area (Å²) >= 11 is 0. The zero-order valence-corrected chi connectivity index (χ0v) is 12.7. The van der Waals surface area contributed by atoms with E-state index in [9.17, 15) is 5.11 Å². The van der Waals surface area contributed by atoms with Gasteiger partial charge in [-0.15, -0.1) is 0 Å². The third kappa shape index (κ3) is 2.34. The molecule has 0 heterocycles. The molecule has 2 aliphatic carbocycles. The van der Waals surface area contributed by atoms with E-state index in [1.807, 2.05) is 0 Å². The second kappa shape index (κ2) is 4.21. The van der Waals surface area contributed by atoms with Crippen LogP contribution < -0.4 is 5.73 Å². The molecular formula is C16H31NO. The van der Waals surface area contributed by atoms with Crippen molar-refractivity contribution in [2.45, 2.75) is 78.2 Å². The number of rotatable bonds is 2. The monoisotopic (exact) mass is 253 g/mol. The average molecular weight is 253 g/mol. The van der Waals surface area contributed by atoms with Crippen molar-refractivity contribution in [3.63, 3.8) is 0 Å². The summed E-state index contributed by atoms with van der Waals surface area (Å²) in [6, 6.07) is 0. The van der Waals surface area contributed by atoms with E-state index < -0.39 is 5.60 Å². The fourth-order valence-electron chi connectivity index (χ4n) is 5.35. The average Bonchev–Trinajstić information content (AvgIpc) is 2.60. The molecule has 0 amide bonds. The van der Waals surface area contributed by atoms with Crippen LogP contribution in [0.15, 0.2) is 0 Å². The summed E-state index contributed by atoms with van der Waals surface area (Å²) in [6.07, 6.45) is 7.74. The number of hydrogen-bond donors (Lipinski definition) is 2. The topological polar surface area (TPSA) is 46.2 Å². The van der Waals surface area contributed by atoms with Crippen molar-refractivity contribution in [3.05, 3.63) is 0 Å². The standard InChI is InChI=1S/C16H31NO/c1-13(2)9-14(3,4)11-16(18,10-13)15(12-17)7-5-6-8-15/h18H,5-12,17H2,1-4H3. The zero-order valence-electron chi connectivity index (χ0n) is 12.7. The second-order valence-electron chi connectivity index (χ2n) is 8.58. The fraction of sp³-hybridized carbons (Fsp3) is 1.00. The minimum absolute atomic E-state index is 0.0119. The van der Waals surface area contributed by atoms with Crippen LogP contribution in [0.2, 0.25) is 0 Å². The van der Waals surface area contributed by atoms with Crippen LogP contribution in [0, 0.1) is 16.2 Å². The molecule has 2 nitrogen and oxygen atoms in total. The Morgan fingerprint density at radius 3 is 1.72 bits per heavy atom. The van der Waals surface area contributed by atoms with E-state index in [1.54, 1.807) is 0 Å². The number of nitrogens with two attached hydrogens (primary N) is 1. The third-order valence-electron chi connectivity index (χ3n) is 5.44. The summed E-state index contributed by atoms with van der Waals surface area (Å²) < 4.78 is 0. The van der Waals surface area contributed by atoms with Crippen LogP contribution in [-0.2, 0) is 0 Å². The highest BCUT2D eigenvalue weighted by atomic mass is 16.3. The van der Waals surface area contributed by atoms with Crippen LogP contribution in [0.3, 0.4) is 0 Å². The summed E-state index contributed by atoms with van der Waals surface area (Å²) in [7, 11) is 0. The lowest BCUT2D eigenvalue weighted by atomic mass is 9.52. The molecule has 0 saturated heterocycles. The molecule has 0 bridgehead atoms. The largest absolute Gasteiger partial charge is 0.389 e. The van der Waals surface area contributed by atoms with Crippen LogP contribution >= 0.6 is 0 Å². The predicted octanol–water partition coefficient (Wildman–Crippen LogP) is 3.47. The molecule has 2 heteroatoms. The lowest BCUT2D eigenvalue weighted by molar-refractivity contribution is -0.160. The highest BCUT2D eigenvalue weighted by Gasteiger charge is 2.57. The highest BCUT2D eigenvalue weighted by Crippen LogP contribution is 2.59. The summed E-state index contributed by atoms with van der Waals surface area (Å²) in [5, 5.41) is 11.4. The minimum Gasteiger partial charge on any atom is -0.389 e. The Labute approximate surface area is 112 Å². The molecule has 0 aromatic heterocycles. The van der Waals surface area contributed by atoms with Crippen LogP contribution in [0.4, 0.5) is 0 Å². The van der Waals surface area contributed by atoms with Crippen LogP contribution in [0.1, 0.15) is 72.6 Å². The van der Waals surface area contributed by atoms with Crippen molar-refractivity contribution in [1.82, 2.24) is 0 Å². The van der Waals surface area contributed by atoms with Crippen LogP contribution in [0.25, 0.3) is 0 Å². The molecule has 0 unspecified atom stereocenters. The van der Waals surface area contributed by atoms with Crippen molar-refractivity contribution in [3.8, 4) is 0 Å². The van der Waals surface area contributed by atoms with Gasteiger partial charge in [-0.1, -0.05) is 40.5 Å². The first-order valence-electron chi connectivity index (χ1n) is 7.56. The molecule has 2 saturated carbocycles. The van der Waals surface area contributed by atoms with E-state index in [-0.39, 0.29) is 16.2 Å². The van der Waals surface area contributed by atoms with E-state index in [2.05, 4.69) is 27.7 Å². The maximum atomic E-state index is 11.4. The van der Waals surface area contributed by atoms with Gasteiger partial charge in [-0.25, -0.2) is 0 Å². The molecule has 0 aromatic rings. The van der Waals surface area contributed by atoms with E-state index in [1.165, 1.54) is 19.3 Å². The predicted molar refractivity (Wildman–Crippen MR) is 76.3 cm³/mol. The van der Waals surface area contributed by atoms with E-state index in [0.29, 0.717) is 6.54 Å². The van der Waals surface area contributed by atoms with Gasteiger partial charge in [-0.2, -0.15) is 0 Å². The molecule has 0 aromatic carbocycles. The SMILES string of the molecule is CC1(C)CC(C)(C)CC(O)(C2(CN)CCCC2)C1. The molecule has 106 valence electrons. The molecule has 0 spiro atoms. The Morgan fingerprint density at radius 1 is 0.889 bits per heavy atom. The molecule has 3 N–H and O–H groups in total. The van der Waals surface area contributed by atoms with E-state index in [4.69, 9.17) is 5.73 Å². The normalized spacial score (nSPS) is 32.3. The minimum atomic E-state index is -0.552. The molecule has 0 atom stereocenters. The third-order valence-corrected chi connectivity index (χ3v) is 5.44. The lowest BCUT2D eigenvalue weighted by Gasteiger charge is -2.56. The summed E-state index contributed by atoms with van der Waals surface area (Å²) in [4.78, 5) is 0. The van der Waals surface area contributed by atoms with Gasteiger partial charge in [0.25, 0.3) is 0 Å². The van der Waals surface area contributed by atoms with Gasteiger partial charge in [-0.05, 0) is 42.9 Å². The Bertz CT molecular complexity index is 297. The molecule has 0 radical (unpaired) electrons. The van der Waals surface area contributed by atoms with Crippen molar-refractivity contribution < 1.29 is 5.11 Å². The lowest BCUT2D eigenvalue weighted by Crippen LogP contribution is -2.58. The van der Waals surface area contributed by atoms with Gasteiger partial charge >= 0.3 is 0 Å². The number of aliphatic hydroxyl groups is 1. The first-order chi connectivity index (χ1) is 8.14. The second-order valence-corrected chi connectivity index (χ2v) is 8.58. The quantitative estimate of drug-likeness (QED) is 0.791. The van der Waals surface area contributed by atoms with Gasteiger partial charge in [0.1, 0.15) is 0 Å². The maximum absolute atomic E-state index is 11.4. The van der Waals surface area contributed by atoms with Gasteiger partial charge in [-0.3, -0.25) is 0 Å². The van der Waals surface area contributed by atoms with Crippen LogP contribution in [-0.4, -0.2) is 17.3 Å². The van der Waals surface area contributed by atoms with Gasteiger partial charge in [0.15, 0.2) is 0 Å². The van der Waals surface area contributed by atoms with E-state index >= 15 is 0 Å². The smallest absolute Gasteiger partial charge is 0.0725 e. The Morgan fingerprint density at radius 2 is 1.33 bits per heavy atom. The Hall–Kier alpha value is -0.0800. The van der Waals surface area contributed by atoms with Crippen molar-refractivity contribution in [1.29, 1.82) is 0 Å². The molecule has 18 heavy (non-hydrogen) atoms. The molecule has 2 fully saturated rings. The van der Waals surface area contributed by atoms with Gasteiger partial charge in [0.05, 0.1) is 5.60 Å². The molecular weight excluding hydrogens is 222 g/mol. The Kier molecular flexibility index (Phi) is 3.35. The molecule has 0 aliphatic heterocycles. The van der Waals surface area contributed by atoms with Crippen molar-refractivity contribution >= 4 is 0 Å². The van der Waals surface area contributed by atoms with Gasteiger partial charge < -0.3 is 10.8 Å². The summed E-state index contributed by atoms with van der Waals surface area (Å²) in [6.45, 7) is 9.86. The first kappa shape index (κ1) is 14.3. The summed E-state index contributed by atoms with van der Waals surface area (Å²) in [5.74, 6) is 0. The van der Waals surface area contributed by atoms with E-state index in [0.717, 1.165) is 25.7 Å². The first-order valence-corrected chi connectivity index (χ1v) is 7.56. The summed E-state index contributed by atoms with van der Waals surface area (Å²) in [5.41, 5.74) is 5.98. The number of hydrogen-bond acceptors (Lipinski definition) is 2. The van der Waals surface area contributed by atoms with Crippen molar-refractivity contribution in [2.75, 3.05) is 6.54 Å². The fourth-order valence-corrected chi connectivity index (χ4v) is 5.35. The highest BCUT2D eigenvalue weighted by molar-refractivity contribution is 5.09. The maximum Gasteiger partial charge on any atom is 0.0725 e. The Balaban J connectivity index is 2.34. The zero-order chi connectivity index (χ0) is 13.7. The van der Waals surface area contributed by atoms with Crippen molar-refractivity contribution in [2.24, 2.45) is 22.0 Å². The molecule has 2 aliphatic rings.